The molecular formula is C20H20O4. The molecule has 0 N–H and O–H groups in total. The number of esters is 2. The van der Waals surface area contributed by atoms with E-state index in [1.54, 1.807) is 12.1 Å². The lowest BCUT2D eigenvalue weighted by atomic mass is 10.1. The molecule has 0 unspecified atom stereocenters. The number of carbonyl (C=O) groups excluding carboxylic acids is 2. The number of rotatable bonds is 4. The molecule has 0 heterocycles. The Morgan fingerprint density at radius 3 is 1.46 bits per heavy atom. The summed E-state index contributed by atoms with van der Waals surface area (Å²) in [6, 6.07) is 10.9. The van der Waals surface area contributed by atoms with Gasteiger partial charge in [-0.1, -0.05) is 24.3 Å². The maximum Gasteiger partial charge on any atom is 0.336 e. The third kappa shape index (κ3) is 4.32. The van der Waals surface area contributed by atoms with E-state index < -0.39 is 11.9 Å². The normalized spacial score (nSPS) is 10.7. The van der Waals surface area contributed by atoms with Crippen LogP contribution >= 0.6 is 0 Å². The van der Waals surface area contributed by atoms with Crippen LogP contribution in [-0.4, -0.2) is 11.9 Å². The molecule has 0 aliphatic heterocycles. The number of hydrogen-bond donors (Lipinski definition) is 0. The second-order valence-electron chi connectivity index (χ2n) is 5.57. The summed E-state index contributed by atoms with van der Waals surface area (Å²) in [6.07, 6.45) is 2.13. The highest BCUT2D eigenvalue weighted by Gasteiger charge is 2.08. The third-order valence-corrected chi connectivity index (χ3v) is 3.89. The summed E-state index contributed by atoms with van der Waals surface area (Å²) in [7, 11) is 0. The van der Waals surface area contributed by atoms with Crippen molar-refractivity contribution in [2.24, 2.45) is 0 Å². The lowest BCUT2D eigenvalue weighted by Crippen LogP contribution is -2.09. The number of hydrogen-bond acceptors (Lipinski definition) is 4. The summed E-state index contributed by atoms with van der Waals surface area (Å²) in [6.45, 7) is 7.61. The molecule has 0 radical (unpaired) electrons. The molecule has 0 bridgehead atoms. The quantitative estimate of drug-likeness (QED) is 0.485. The lowest BCUT2D eigenvalue weighted by Gasteiger charge is -2.08. The van der Waals surface area contributed by atoms with Crippen LogP contribution in [0, 0.1) is 27.7 Å². The van der Waals surface area contributed by atoms with Crippen LogP contribution in [0.3, 0.4) is 0 Å². The van der Waals surface area contributed by atoms with Crippen LogP contribution in [0.15, 0.2) is 48.6 Å². The van der Waals surface area contributed by atoms with E-state index in [0.717, 1.165) is 34.4 Å². The number of carbonyl (C=O) groups is 2. The van der Waals surface area contributed by atoms with Crippen molar-refractivity contribution in [2.45, 2.75) is 27.7 Å². The van der Waals surface area contributed by atoms with E-state index in [1.807, 2.05) is 52.0 Å². The number of aryl methyl sites for hydroxylation is 2. The first-order valence-electron chi connectivity index (χ1n) is 7.62. The fraction of sp³-hybridized carbons (Fsp3) is 0.200. The van der Waals surface area contributed by atoms with Gasteiger partial charge in [-0.25, -0.2) is 9.59 Å². The molecule has 2 aromatic rings. The van der Waals surface area contributed by atoms with Gasteiger partial charge in [0, 0.05) is 12.2 Å². The molecule has 0 atom stereocenters. The van der Waals surface area contributed by atoms with Gasteiger partial charge in [0.05, 0.1) is 0 Å². The summed E-state index contributed by atoms with van der Waals surface area (Å²) >= 11 is 0. The Bertz CT molecular complexity index is 736. The molecule has 124 valence electrons. The summed E-state index contributed by atoms with van der Waals surface area (Å²) in [5.41, 5.74) is 3.83. The minimum atomic E-state index is -0.624. The minimum absolute atomic E-state index is 0.479. The average molecular weight is 324 g/mol. The Morgan fingerprint density at radius 1 is 0.708 bits per heavy atom. The molecule has 0 saturated carbocycles. The van der Waals surface area contributed by atoms with Gasteiger partial charge in [0.1, 0.15) is 11.5 Å². The van der Waals surface area contributed by atoms with Crippen molar-refractivity contribution in [1.29, 1.82) is 0 Å². The first-order chi connectivity index (χ1) is 11.4. The van der Waals surface area contributed by atoms with E-state index in [0.29, 0.717) is 11.5 Å². The van der Waals surface area contributed by atoms with Crippen LogP contribution in [0.2, 0.25) is 0 Å². The Labute approximate surface area is 141 Å². The highest BCUT2D eigenvalue weighted by molar-refractivity contribution is 5.93. The predicted octanol–water partition coefficient (Wildman–Crippen LogP) is 3.99. The Hall–Kier alpha value is -2.88. The van der Waals surface area contributed by atoms with Crippen LogP contribution in [0.25, 0.3) is 0 Å². The monoisotopic (exact) mass is 324 g/mol. The van der Waals surface area contributed by atoms with Gasteiger partial charge in [0.2, 0.25) is 0 Å². The first kappa shape index (κ1) is 17.5. The van der Waals surface area contributed by atoms with Crippen LogP contribution in [-0.2, 0) is 9.59 Å². The third-order valence-electron chi connectivity index (χ3n) is 3.89. The van der Waals surface area contributed by atoms with Gasteiger partial charge in [0.15, 0.2) is 0 Å². The van der Waals surface area contributed by atoms with Gasteiger partial charge in [-0.15, -0.1) is 0 Å². The van der Waals surface area contributed by atoms with E-state index in [1.165, 1.54) is 0 Å². The number of ether oxygens (including phenoxy) is 2. The van der Waals surface area contributed by atoms with Gasteiger partial charge in [-0.3, -0.25) is 0 Å². The molecule has 4 nitrogen and oxygen atoms in total. The fourth-order valence-corrected chi connectivity index (χ4v) is 2.09. The summed E-state index contributed by atoms with van der Waals surface area (Å²) in [5, 5.41) is 0. The van der Waals surface area contributed by atoms with E-state index in [-0.39, 0.29) is 0 Å². The predicted molar refractivity (Wildman–Crippen MR) is 92.2 cm³/mol. The average Bonchev–Trinajstić information content (AvgIpc) is 2.54. The highest BCUT2D eigenvalue weighted by atomic mass is 16.5. The topological polar surface area (TPSA) is 52.6 Å². The van der Waals surface area contributed by atoms with Crippen molar-refractivity contribution >= 4 is 11.9 Å². The molecule has 0 spiro atoms. The van der Waals surface area contributed by atoms with Crippen molar-refractivity contribution < 1.29 is 19.1 Å². The lowest BCUT2D eigenvalue weighted by molar-refractivity contribution is -0.131. The van der Waals surface area contributed by atoms with Crippen LogP contribution in [0.1, 0.15) is 22.3 Å². The highest BCUT2D eigenvalue weighted by Crippen LogP contribution is 2.21. The van der Waals surface area contributed by atoms with E-state index in [2.05, 4.69) is 0 Å². The fourth-order valence-electron chi connectivity index (χ4n) is 2.09. The maximum atomic E-state index is 11.8. The maximum absolute atomic E-state index is 11.8. The molecule has 0 aliphatic rings. The standard InChI is InChI=1S/C20H20O4/c1-13-7-5-9-17(15(13)3)23-19(21)11-12-20(22)24-18-10-6-8-14(2)16(18)4/h5-12H,1-4H3/b12-11-. The molecule has 0 amide bonds. The Morgan fingerprint density at radius 2 is 1.08 bits per heavy atom. The van der Waals surface area contributed by atoms with Crippen molar-refractivity contribution in [3.63, 3.8) is 0 Å². The van der Waals surface area contributed by atoms with Gasteiger partial charge >= 0.3 is 11.9 Å². The Kier molecular flexibility index (Phi) is 5.53. The summed E-state index contributed by atoms with van der Waals surface area (Å²) in [4.78, 5) is 23.7. The molecule has 0 aromatic heterocycles. The molecule has 2 rings (SSSR count). The van der Waals surface area contributed by atoms with Crippen molar-refractivity contribution in [3.8, 4) is 11.5 Å². The van der Waals surface area contributed by atoms with E-state index in [4.69, 9.17) is 9.47 Å². The Balaban J connectivity index is 1.99. The summed E-state index contributed by atoms with van der Waals surface area (Å²) in [5.74, 6) is -0.289. The van der Waals surface area contributed by atoms with Gasteiger partial charge in [0.25, 0.3) is 0 Å². The SMILES string of the molecule is Cc1cccc(OC(=O)/C=C\C(=O)Oc2cccc(C)c2C)c1C. The molecule has 0 aliphatic carbocycles. The van der Waals surface area contributed by atoms with Crippen LogP contribution < -0.4 is 9.47 Å². The minimum Gasteiger partial charge on any atom is -0.423 e. The van der Waals surface area contributed by atoms with Gasteiger partial charge < -0.3 is 9.47 Å². The zero-order chi connectivity index (χ0) is 17.7. The second-order valence-corrected chi connectivity index (χ2v) is 5.57. The smallest absolute Gasteiger partial charge is 0.336 e. The zero-order valence-electron chi connectivity index (χ0n) is 14.3. The summed E-state index contributed by atoms with van der Waals surface area (Å²) < 4.78 is 10.5. The zero-order valence-corrected chi connectivity index (χ0v) is 14.3. The van der Waals surface area contributed by atoms with Crippen molar-refractivity contribution in [3.05, 3.63) is 70.8 Å². The van der Waals surface area contributed by atoms with Crippen molar-refractivity contribution in [2.75, 3.05) is 0 Å². The first-order valence-corrected chi connectivity index (χ1v) is 7.62. The largest absolute Gasteiger partial charge is 0.423 e. The van der Waals surface area contributed by atoms with Crippen LogP contribution in [0.4, 0.5) is 0 Å². The molecular weight excluding hydrogens is 304 g/mol. The molecule has 24 heavy (non-hydrogen) atoms. The molecule has 4 heteroatoms. The number of benzene rings is 2. The second kappa shape index (κ2) is 7.59. The molecule has 0 saturated heterocycles. The van der Waals surface area contributed by atoms with Gasteiger partial charge in [-0.2, -0.15) is 0 Å². The van der Waals surface area contributed by atoms with Gasteiger partial charge in [-0.05, 0) is 62.1 Å². The van der Waals surface area contributed by atoms with Crippen molar-refractivity contribution in [1.82, 2.24) is 0 Å². The van der Waals surface area contributed by atoms with E-state index in [9.17, 15) is 9.59 Å². The van der Waals surface area contributed by atoms with E-state index >= 15 is 0 Å². The molecule has 0 fully saturated rings. The molecule has 2 aromatic carbocycles. The van der Waals surface area contributed by atoms with Crippen LogP contribution in [0.5, 0.6) is 11.5 Å².